The van der Waals surface area contributed by atoms with Gasteiger partial charge in [-0.2, -0.15) is 0 Å². The third-order valence-corrected chi connectivity index (χ3v) is 3.61. The second kappa shape index (κ2) is 9.60. The molecule has 0 amide bonds. The van der Waals surface area contributed by atoms with Crippen molar-refractivity contribution in [3.8, 4) is 5.75 Å². The van der Waals surface area contributed by atoms with Crippen LogP contribution in [0.4, 0.5) is 0 Å². The van der Waals surface area contributed by atoms with Crippen LogP contribution in [0.3, 0.4) is 0 Å². The summed E-state index contributed by atoms with van der Waals surface area (Å²) in [6.45, 7) is 9.05. The minimum atomic E-state index is 0.388. The van der Waals surface area contributed by atoms with Crippen molar-refractivity contribution in [1.82, 2.24) is 5.32 Å². The van der Waals surface area contributed by atoms with Crippen LogP contribution < -0.4 is 10.1 Å². The van der Waals surface area contributed by atoms with Crippen molar-refractivity contribution in [1.29, 1.82) is 0 Å². The summed E-state index contributed by atoms with van der Waals surface area (Å²) in [7, 11) is 1.75. The molecule has 0 aliphatic heterocycles. The predicted octanol–water partition coefficient (Wildman–Crippen LogP) is 4.79. The minimum absolute atomic E-state index is 0.388. The van der Waals surface area contributed by atoms with Crippen LogP contribution in [0.1, 0.15) is 56.2 Å². The highest BCUT2D eigenvalue weighted by atomic mass is 16.5. The van der Waals surface area contributed by atoms with Gasteiger partial charge in [-0.05, 0) is 38.8 Å². The first kappa shape index (κ1) is 16.8. The maximum absolute atomic E-state index is 5.52. The lowest BCUT2D eigenvalue weighted by atomic mass is 9.97. The monoisotopic (exact) mass is 275 g/mol. The highest BCUT2D eigenvalue weighted by molar-refractivity contribution is 5.39. The number of methoxy groups -OCH3 is 1. The molecule has 112 valence electrons. The van der Waals surface area contributed by atoms with Gasteiger partial charge in [-0.1, -0.05) is 43.5 Å². The molecule has 0 heterocycles. The van der Waals surface area contributed by atoms with Crippen LogP contribution >= 0.6 is 0 Å². The van der Waals surface area contributed by atoms with Gasteiger partial charge in [0, 0.05) is 11.6 Å². The fourth-order valence-electron chi connectivity index (χ4n) is 2.55. The number of rotatable bonds is 10. The summed E-state index contributed by atoms with van der Waals surface area (Å²) in [4.78, 5) is 0. The average molecular weight is 275 g/mol. The standard InChI is InChI=1S/C18H29NO/c1-5-7-8-9-10-11-17(19-6-2)16-14-15(3)12-13-18(16)20-4/h5,12-14,17,19H,1,6-11H2,2-4H3. The van der Waals surface area contributed by atoms with Crippen molar-refractivity contribution in [2.24, 2.45) is 0 Å². The van der Waals surface area contributed by atoms with Crippen molar-refractivity contribution >= 4 is 0 Å². The van der Waals surface area contributed by atoms with E-state index in [-0.39, 0.29) is 0 Å². The molecule has 1 atom stereocenters. The molecule has 2 heteroatoms. The fourth-order valence-corrected chi connectivity index (χ4v) is 2.55. The molecule has 1 aromatic carbocycles. The zero-order valence-corrected chi connectivity index (χ0v) is 13.2. The lowest BCUT2D eigenvalue weighted by Crippen LogP contribution is -2.21. The molecule has 0 saturated heterocycles. The highest BCUT2D eigenvalue weighted by Crippen LogP contribution is 2.29. The summed E-state index contributed by atoms with van der Waals surface area (Å²) in [5, 5.41) is 3.59. The third-order valence-electron chi connectivity index (χ3n) is 3.61. The van der Waals surface area contributed by atoms with E-state index in [0.717, 1.165) is 25.1 Å². The maximum atomic E-state index is 5.52. The number of hydrogen-bond acceptors (Lipinski definition) is 2. The number of hydrogen-bond donors (Lipinski definition) is 1. The van der Waals surface area contributed by atoms with Crippen LogP contribution in [0.5, 0.6) is 5.75 Å². The van der Waals surface area contributed by atoms with Crippen molar-refractivity contribution in [2.75, 3.05) is 13.7 Å². The molecule has 0 radical (unpaired) electrons. The van der Waals surface area contributed by atoms with Crippen LogP contribution in [-0.4, -0.2) is 13.7 Å². The van der Waals surface area contributed by atoms with Gasteiger partial charge in [0.05, 0.1) is 7.11 Å². The van der Waals surface area contributed by atoms with Crippen LogP contribution in [0.2, 0.25) is 0 Å². The molecular weight excluding hydrogens is 246 g/mol. The van der Waals surface area contributed by atoms with E-state index in [2.05, 4.69) is 43.9 Å². The molecule has 1 aromatic rings. The Morgan fingerprint density at radius 1 is 1.30 bits per heavy atom. The van der Waals surface area contributed by atoms with Crippen molar-refractivity contribution < 1.29 is 4.74 Å². The molecule has 0 aromatic heterocycles. The quantitative estimate of drug-likeness (QED) is 0.489. The first-order valence-corrected chi connectivity index (χ1v) is 7.71. The normalized spacial score (nSPS) is 12.2. The largest absolute Gasteiger partial charge is 0.496 e. The number of ether oxygens (including phenoxy) is 1. The Morgan fingerprint density at radius 2 is 2.10 bits per heavy atom. The zero-order valence-electron chi connectivity index (χ0n) is 13.2. The molecule has 0 spiro atoms. The lowest BCUT2D eigenvalue weighted by molar-refractivity contribution is 0.393. The molecular formula is C18H29NO. The van der Waals surface area contributed by atoms with Gasteiger partial charge in [0.1, 0.15) is 5.75 Å². The van der Waals surface area contributed by atoms with E-state index in [0.29, 0.717) is 6.04 Å². The number of aryl methyl sites for hydroxylation is 1. The molecule has 0 aliphatic rings. The highest BCUT2D eigenvalue weighted by Gasteiger charge is 2.15. The van der Waals surface area contributed by atoms with E-state index in [9.17, 15) is 0 Å². The Bertz CT molecular complexity index is 400. The van der Waals surface area contributed by atoms with Gasteiger partial charge in [0.15, 0.2) is 0 Å². The van der Waals surface area contributed by atoms with E-state index >= 15 is 0 Å². The van der Waals surface area contributed by atoms with Gasteiger partial charge < -0.3 is 10.1 Å². The summed E-state index contributed by atoms with van der Waals surface area (Å²) in [6, 6.07) is 6.82. The van der Waals surface area contributed by atoms with E-state index in [1.165, 1.54) is 30.4 Å². The number of nitrogens with one attached hydrogen (secondary N) is 1. The summed E-state index contributed by atoms with van der Waals surface area (Å²) >= 11 is 0. The lowest BCUT2D eigenvalue weighted by Gasteiger charge is -2.21. The summed E-state index contributed by atoms with van der Waals surface area (Å²) < 4.78 is 5.52. The maximum Gasteiger partial charge on any atom is 0.123 e. The second-order valence-electron chi connectivity index (χ2n) is 5.28. The van der Waals surface area contributed by atoms with Crippen molar-refractivity contribution in [3.05, 3.63) is 42.0 Å². The molecule has 0 fully saturated rings. The van der Waals surface area contributed by atoms with E-state index in [1.54, 1.807) is 7.11 Å². The Balaban J connectivity index is 2.69. The number of benzene rings is 1. The third kappa shape index (κ3) is 5.38. The summed E-state index contributed by atoms with van der Waals surface area (Å²) in [5.74, 6) is 0.993. The van der Waals surface area contributed by atoms with E-state index in [4.69, 9.17) is 4.74 Å². The van der Waals surface area contributed by atoms with Crippen LogP contribution in [0, 0.1) is 6.92 Å². The van der Waals surface area contributed by atoms with E-state index < -0.39 is 0 Å². The molecule has 0 bridgehead atoms. The van der Waals surface area contributed by atoms with Gasteiger partial charge in [-0.3, -0.25) is 0 Å². The van der Waals surface area contributed by atoms with Gasteiger partial charge in [0.25, 0.3) is 0 Å². The first-order valence-electron chi connectivity index (χ1n) is 7.71. The van der Waals surface area contributed by atoms with Crippen LogP contribution in [-0.2, 0) is 0 Å². The molecule has 2 nitrogen and oxygen atoms in total. The molecule has 20 heavy (non-hydrogen) atoms. The molecule has 1 rings (SSSR count). The topological polar surface area (TPSA) is 21.3 Å². The minimum Gasteiger partial charge on any atom is -0.496 e. The summed E-state index contributed by atoms with van der Waals surface area (Å²) in [5.41, 5.74) is 2.58. The van der Waals surface area contributed by atoms with Crippen molar-refractivity contribution in [2.45, 2.75) is 52.0 Å². The second-order valence-corrected chi connectivity index (χ2v) is 5.28. The van der Waals surface area contributed by atoms with Gasteiger partial charge in [-0.25, -0.2) is 0 Å². The Kier molecular flexibility index (Phi) is 8.05. The Morgan fingerprint density at radius 3 is 2.75 bits per heavy atom. The van der Waals surface area contributed by atoms with E-state index in [1.807, 2.05) is 6.08 Å². The molecule has 1 unspecified atom stereocenters. The Labute approximate surface area is 124 Å². The molecule has 0 saturated carbocycles. The van der Waals surface area contributed by atoms with Crippen LogP contribution in [0.25, 0.3) is 0 Å². The average Bonchev–Trinajstić information content (AvgIpc) is 2.46. The first-order chi connectivity index (χ1) is 9.72. The van der Waals surface area contributed by atoms with Crippen LogP contribution in [0.15, 0.2) is 30.9 Å². The van der Waals surface area contributed by atoms with Gasteiger partial charge in [0.2, 0.25) is 0 Å². The number of allylic oxidation sites excluding steroid dienone is 1. The van der Waals surface area contributed by atoms with Crippen molar-refractivity contribution in [3.63, 3.8) is 0 Å². The Hall–Kier alpha value is -1.28. The smallest absolute Gasteiger partial charge is 0.123 e. The van der Waals surface area contributed by atoms with Gasteiger partial charge in [-0.15, -0.1) is 6.58 Å². The molecule has 1 N–H and O–H groups in total. The SMILES string of the molecule is C=CCCCCCC(NCC)c1cc(C)ccc1OC. The molecule has 0 aliphatic carbocycles. The predicted molar refractivity (Wildman–Crippen MR) is 87.4 cm³/mol. The summed E-state index contributed by atoms with van der Waals surface area (Å²) in [6.07, 6.45) is 8.04. The zero-order chi connectivity index (χ0) is 14.8. The number of unbranched alkanes of at least 4 members (excludes halogenated alkanes) is 3. The fraction of sp³-hybridized carbons (Fsp3) is 0.556. The van der Waals surface area contributed by atoms with Gasteiger partial charge >= 0.3 is 0 Å².